The first-order valence-electron chi connectivity index (χ1n) is 7.15. The molecule has 4 rings (SSSR count). The van der Waals surface area contributed by atoms with Crippen LogP contribution in [0.4, 0.5) is 5.69 Å². The van der Waals surface area contributed by atoms with Gasteiger partial charge in [0.1, 0.15) is 0 Å². The standard InChI is InChI=1S/C17H17NO2/c1-2-9-18(8-1)15-5-3-4-13(10-15)14-6-7-16-17(11-14)20-12-19-16/h3-7,10-11H,1-2,8-9,12H2. The molecule has 2 heterocycles. The normalized spacial score (nSPS) is 16.7. The SMILES string of the molecule is c1cc(-c2ccc3c(c2)OCO3)cc(N2CCCC2)c1. The van der Waals surface area contributed by atoms with E-state index in [4.69, 9.17) is 9.47 Å². The van der Waals surface area contributed by atoms with Gasteiger partial charge in [0.15, 0.2) is 11.5 Å². The zero-order valence-electron chi connectivity index (χ0n) is 11.3. The van der Waals surface area contributed by atoms with Crippen molar-refractivity contribution < 1.29 is 9.47 Å². The summed E-state index contributed by atoms with van der Waals surface area (Å²) < 4.78 is 10.8. The summed E-state index contributed by atoms with van der Waals surface area (Å²) in [5, 5.41) is 0. The third-order valence-corrected chi connectivity index (χ3v) is 4.02. The second-order valence-corrected chi connectivity index (χ2v) is 5.31. The quantitative estimate of drug-likeness (QED) is 0.828. The molecule has 0 N–H and O–H groups in total. The van der Waals surface area contributed by atoms with Gasteiger partial charge in [-0.05, 0) is 48.2 Å². The summed E-state index contributed by atoms with van der Waals surface area (Å²) in [7, 11) is 0. The molecule has 0 bridgehead atoms. The van der Waals surface area contributed by atoms with Crippen LogP contribution < -0.4 is 14.4 Å². The van der Waals surface area contributed by atoms with E-state index in [2.05, 4.69) is 41.3 Å². The molecule has 2 aliphatic rings. The molecule has 0 radical (unpaired) electrons. The second kappa shape index (κ2) is 4.75. The molecule has 3 nitrogen and oxygen atoms in total. The molecular formula is C17H17NO2. The van der Waals surface area contributed by atoms with Gasteiger partial charge < -0.3 is 14.4 Å². The largest absolute Gasteiger partial charge is 0.454 e. The predicted molar refractivity (Wildman–Crippen MR) is 79.4 cm³/mol. The Morgan fingerprint density at radius 1 is 0.800 bits per heavy atom. The van der Waals surface area contributed by atoms with E-state index in [1.54, 1.807) is 0 Å². The summed E-state index contributed by atoms with van der Waals surface area (Å²) in [4.78, 5) is 2.45. The van der Waals surface area contributed by atoms with Crippen LogP contribution in [0.25, 0.3) is 11.1 Å². The van der Waals surface area contributed by atoms with Crippen molar-refractivity contribution in [1.29, 1.82) is 0 Å². The fourth-order valence-electron chi connectivity index (χ4n) is 2.93. The van der Waals surface area contributed by atoms with Crippen molar-refractivity contribution in [3.63, 3.8) is 0 Å². The fourth-order valence-corrected chi connectivity index (χ4v) is 2.93. The third-order valence-electron chi connectivity index (χ3n) is 4.02. The third kappa shape index (κ3) is 1.99. The maximum Gasteiger partial charge on any atom is 0.231 e. The van der Waals surface area contributed by atoms with E-state index < -0.39 is 0 Å². The maximum absolute atomic E-state index is 5.46. The van der Waals surface area contributed by atoms with Gasteiger partial charge in [0, 0.05) is 18.8 Å². The van der Waals surface area contributed by atoms with Crippen LogP contribution in [0.15, 0.2) is 42.5 Å². The molecule has 0 saturated carbocycles. The highest BCUT2D eigenvalue weighted by Gasteiger charge is 2.15. The lowest BCUT2D eigenvalue weighted by Gasteiger charge is -2.18. The van der Waals surface area contributed by atoms with E-state index in [0.29, 0.717) is 6.79 Å². The molecule has 0 spiro atoms. The van der Waals surface area contributed by atoms with Gasteiger partial charge in [0.25, 0.3) is 0 Å². The van der Waals surface area contributed by atoms with E-state index in [-0.39, 0.29) is 0 Å². The lowest BCUT2D eigenvalue weighted by molar-refractivity contribution is 0.174. The summed E-state index contributed by atoms with van der Waals surface area (Å²) in [6.07, 6.45) is 2.60. The number of rotatable bonds is 2. The molecule has 1 saturated heterocycles. The highest BCUT2D eigenvalue weighted by atomic mass is 16.7. The Labute approximate surface area is 118 Å². The van der Waals surface area contributed by atoms with Crippen molar-refractivity contribution in [2.45, 2.75) is 12.8 Å². The molecular weight excluding hydrogens is 250 g/mol. The van der Waals surface area contributed by atoms with Crippen LogP contribution >= 0.6 is 0 Å². The molecule has 20 heavy (non-hydrogen) atoms. The Hall–Kier alpha value is -2.16. The van der Waals surface area contributed by atoms with E-state index in [9.17, 15) is 0 Å². The minimum absolute atomic E-state index is 0.326. The fraction of sp³-hybridized carbons (Fsp3) is 0.294. The number of ether oxygens (including phenoxy) is 2. The number of anilines is 1. The van der Waals surface area contributed by atoms with Crippen LogP contribution in [0.2, 0.25) is 0 Å². The smallest absolute Gasteiger partial charge is 0.231 e. The lowest BCUT2D eigenvalue weighted by Crippen LogP contribution is -2.17. The molecule has 2 aromatic carbocycles. The Bertz CT molecular complexity index is 633. The molecule has 0 aromatic heterocycles. The minimum atomic E-state index is 0.326. The monoisotopic (exact) mass is 267 g/mol. The Kier molecular flexibility index (Phi) is 2.76. The topological polar surface area (TPSA) is 21.7 Å². The van der Waals surface area contributed by atoms with Crippen molar-refractivity contribution in [3.05, 3.63) is 42.5 Å². The van der Waals surface area contributed by atoms with Gasteiger partial charge in [-0.2, -0.15) is 0 Å². The number of hydrogen-bond donors (Lipinski definition) is 0. The van der Waals surface area contributed by atoms with E-state index >= 15 is 0 Å². The number of fused-ring (bicyclic) bond motifs is 1. The van der Waals surface area contributed by atoms with Crippen molar-refractivity contribution >= 4 is 5.69 Å². The van der Waals surface area contributed by atoms with Gasteiger partial charge in [0.05, 0.1) is 0 Å². The van der Waals surface area contributed by atoms with Gasteiger partial charge in [-0.3, -0.25) is 0 Å². The number of benzene rings is 2. The molecule has 0 aliphatic carbocycles. The summed E-state index contributed by atoms with van der Waals surface area (Å²) in [5.41, 5.74) is 3.72. The molecule has 0 unspecified atom stereocenters. The highest BCUT2D eigenvalue weighted by molar-refractivity contribution is 5.71. The molecule has 2 aromatic rings. The number of hydrogen-bond acceptors (Lipinski definition) is 3. The average Bonchev–Trinajstić information content (AvgIpc) is 3.18. The summed E-state index contributed by atoms with van der Waals surface area (Å²) in [5.74, 6) is 1.68. The van der Waals surface area contributed by atoms with Gasteiger partial charge in [-0.1, -0.05) is 18.2 Å². The van der Waals surface area contributed by atoms with Crippen LogP contribution in [0.1, 0.15) is 12.8 Å². The van der Waals surface area contributed by atoms with Crippen LogP contribution in [0.3, 0.4) is 0 Å². The van der Waals surface area contributed by atoms with Crippen LogP contribution in [0.5, 0.6) is 11.5 Å². The molecule has 0 amide bonds. The van der Waals surface area contributed by atoms with Crippen molar-refractivity contribution in [1.82, 2.24) is 0 Å². The second-order valence-electron chi connectivity index (χ2n) is 5.31. The van der Waals surface area contributed by atoms with E-state index in [1.165, 1.54) is 42.7 Å². The Balaban J connectivity index is 1.69. The molecule has 0 atom stereocenters. The van der Waals surface area contributed by atoms with Crippen LogP contribution in [-0.4, -0.2) is 19.9 Å². The molecule has 3 heteroatoms. The van der Waals surface area contributed by atoms with Crippen molar-refractivity contribution in [2.75, 3.05) is 24.8 Å². The van der Waals surface area contributed by atoms with Crippen LogP contribution in [-0.2, 0) is 0 Å². The van der Waals surface area contributed by atoms with Gasteiger partial charge >= 0.3 is 0 Å². The summed E-state index contributed by atoms with van der Waals surface area (Å²) >= 11 is 0. The highest BCUT2D eigenvalue weighted by Crippen LogP contribution is 2.36. The zero-order valence-corrected chi connectivity index (χ0v) is 11.3. The van der Waals surface area contributed by atoms with E-state index in [1.807, 2.05) is 6.07 Å². The summed E-state index contributed by atoms with van der Waals surface area (Å²) in [6.45, 7) is 2.67. The van der Waals surface area contributed by atoms with E-state index in [0.717, 1.165) is 11.5 Å². The number of nitrogens with zero attached hydrogens (tertiary/aromatic N) is 1. The molecule has 2 aliphatic heterocycles. The van der Waals surface area contributed by atoms with Gasteiger partial charge in [-0.25, -0.2) is 0 Å². The molecule has 1 fully saturated rings. The first kappa shape index (κ1) is 11.6. The van der Waals surface area contributed by atoms with Crippen LogP contribution in [0, 0.1) is 0 Å². The van der Waals surface area contributed by atoms with Gasteiger partial charge in [0.2, 0.25) is 6.79 Å². The minimum Gasteiger partial charge on any atom is -0.454 e. The zero-order chi connectivity index (χ0) is 13.4. The van der Waals surface area contributed by atoms with Crippen molar-refractivity contribution in [3.8, 4) is 22.6 Å². The first-order valence-corrected chi connectivity index (χ1v) is 7.15. The van der Waals surface area contributed by atoms with Crippen molar-refractivity contribution in [2.24, 2.45) is 0 Å². The first-order chi connectivity index (χ1) is 9.90. The predicted octanol–water partition coefficient (Wildman–Crippen LogP) is 3.68. The Morgan fingerprint density at radius 2 is 1.60 bits per heavy atom. The lowest BCUT2D eigenvalue weighted by atomic mass is 10.0. The molecule has 102 valence electrons. The maximum atomic E-state index is 5.46. The average molecular weight is 267 g/mol. The summed E-state index contributed by atoms with van der Waals surface area (Å²) in [6, 6.07) is 14.9. The Morgan fingerprint density at radius 3 is 2.50 bits per heavy atom. The van der Waals surface area contributed by atoms with Gasteiger partial charge in [-0.15, -0.1) is 0 Å².